The summed E-state index contributed by atoms with van der Waals surface area (Å²) < 4.78 is 0. The van der Waals surface area contributed by atoms with E-state index in [1.54, 1.807) is 22.9 Å². The highest BCUT2D eigenvalue weighted by molar-refractivity contribution is 7.99. The molecule has 2 saturated heterocycles. The van der Waals surface area contributed by atoms with E-state index in [1.807, 2.05) is 29.7 Å². The number of pyridine rings is 1. The van der Waals surface area contributed by atoms with Crippen LogP contribution in [0.1, 0.15) is 16.1 Å². The Morgan fingerprint density at radius 2 is 2.08 bits per heavy atom. The van der Waals surface area contributed by atoms with E-state index >= 15 is 0 Å². The molecule has 0 spiro atoms. The van der Waals surface area contributed by atoms with Gasteiger partial charge in [0.15, 0.2) is 5.65 Å². The summed E-state index contributed by atoms with van der Waals surface area (Å²) in [6, 6.07) is 1.44. The minimum absolute atomic E-state index is 0.0761. The number of fused-ring (bicyclic) bond motifs is 1. The Labute approximate surface area is 153 Å². The van der Waals surface area contributed by atoms with Crippen LogP contribution in [0.3, 0.4) is 0 Å². The zero-order valence-electron chi connectivity index (χ0n) is 13.9. The largest absolute Gasteiger partial charge is 0.339 e. The average Bonchev–Trinajstić information content (AvgIpc) is 3.28. The van der Waals surface area contributed by atoms with Crippen molar-refractivity contribution < 1.29 is 9.59 Å². The molecule has 0 saturated carbocycles. The number of thioether (sulfide) groups is 2. The first-order chi connectivity index (χ1) is 12.1. The van der Waals surface area contributed by atoms with E-state index in [2.05, 4.69) is 15.2 Å². The molecule has 0 aliphatic carbocycles. The molecule has 1 atom stereocenters. The zero-order chi connectivity index (χ0) is 17.4. The van der Waals surface area contributed by atoms with E-state index in [0.29, 0.717) is 22.8 Å². The molecule has 9 heteroatoms. The van der Waals surface area contributed by atoms with Gasteiger partial charge in [-0.05, 0) is 13.0 Å². The van der Waals surface area contributed by atoms with Gasteiger partial charge in [-0.15, -0.1) is 11.8 Å². The highest BCUT2D eigenvalue weighted by Crippen LogP contribution is 2.26. The third-order valence-corrected chi connectivity index (χ3v) is 6.55. The molecule has 25 heavy (non-hydrogen) atoms. The van der Waals surface area contributed by atoms with Gasteiger partial charge in [0.05, 0.1) is 11.4 Å². The summed E-state index contributed by atoms with van der Waals surface area (Å²) in [4.78, 5) is 33.7. The number of aryl methyl sites for hydroxylation is 1. The van der Waals surface area contributed by atoms with Crippen molar-refractivity contribution in [3.63, 3.8) is 0 Å². The average molecular weight is 377 g/mol. The van der Waals surface area contributed by atoms with Crippen molar-refractivity contribution >= 4 is 46.4 Å². The quantitative estimate of drug-likeness (QED) is 0.851. The predicted molar refractivity (Wildman–Crippen MR) is 99.8 cm³/mol. The maximum Gasteiger partial charge on any atom is 0.256 e. The minimum atomic E-state index is -0.373. The Morgan fingerprint density at radius 1 is 1.28 bits per heavy atom. The maximum absolute atomic E-state index is 13.0. The highest BCUT2D eigenvalue weighted by Gasteiger charge is 2.37. The van der Waals surface area contributed by atoms with Crippen LogP contribution in [0.25, 0.3) is 11.0 Å². The third kappa shape index (κ3) is 3.10. The number of amides is 2. The summed E-state index contributed by atoms with van der Waals surface area (Å²) in [5, 5.41) is 7.81. The molecule has 0 bridgehead atoms. The number of hydrogen-bond donors (Lipinski definition) is 1. The van der Waals surface area contributed by atoms with Crippen LogP contribution in [-0.2, 0) is 4.79 Å². The van der Waals surface area contributed by atoms with Gasteiger partial charge in [-0.2, -0.15) is 16.9 Å². The number of rotatable bonds is 2. The number of H-pyrrole nitrogens is 1. The molecule has 0 aromatic carbocycles. The number of aromatic amines is 1. The van der Waals surface area contributed by atoms with Crippen LogP contribution in [0.4, 0.5) is 0 Å². The lowest BCUT2D eigenvalue weighted by Crippen LogP contribution is -2.51. The lowest BCUT2D eigenvalue weighted by atomic mass is 10.1. The van der Waals surface area contributed by atoms with Gasteiger partial charge in [0.1, 0.15) is 6.04 Å². The van der Waals surface area contributed by atoms with Gasteiger partial charge in [0.2, 0.25) is 5.91 Å². The highest BCUT2D eigenvalue weighted by atomic mass is 32.2. The first-order valence-corrected chi connectivity index (χ1v) is 10.5. The van der Waals surface area contributed by atoms with Crippen LogP contribution in [0, 0.1) is 6.92 Å². The number of carbonyl (C=O) groups excluding carboxylic acids is 2. The van der Waals surface area contributed by atoms with Gasteiger partial charge in [-0.25, -0.2) is 4.98 Å². The molecule has 2 amide bonds. The van der Waals surface area contributed by atoms with Crippen molar-refractivity contribution in [2.45, 2.75) is 13.0 Å². The third-order valence-electron chi connectivity index (χ3n) is 4.60. The molecular weight excluding hydrogens is 358 g/mol. The van der Waals surface area contributed by atoms with Gasteiger partial charge in [-0.1, -0.05) is 0 Å². The second-order valence-electron chi connectivity index (χ2n) is 6.17. The summed E-state index contributed by atoms with van der Waals surface area (Å²) >= 11 is 3.50. The monoisotopic (exact) mass is 377 g/mol. The van der Waals surface area contributed by atoms with E-state index in [-0.39, 0.29) is 17.9 Å². The van der Waals surface area contributed by atoms with E-state index < -0.39 is 0 Å². The fourth-order valence-electron chi connectivity index (χ4n) is 3.14. The summed E-state index contributed by atoms with van der Waals surface area (Å²) in [6.07, 6.45) is 1.55. The van der Waals surface area contributed by atoms with Gasteiger partial charge >= 0.3 is 0 Å². The Bertz CT molecular complexity index is 818. The van der Waals surface area contributed by atoms with E-state index in [9.17, 15) is 9.59 Å². The number of carbonyl (C=O) groups is 2. The van der Waals surface area contributed by atoms with Crippen molar-refractivity contribution in [2.75, 3.05) is 36.2 Å². The van der Waals surface area contributed by atoms with Crippen molar-refractivity contribution in [3.8, 4) is 0 Å². The first-order valence-electron chi connectivity index (χ1n) is 8.21. The summed E-state index contributed by atoms with van der Waals surface area (Å²) in [6.45, 7) is 3.44. The number of hydrogen-bond acceptors (Lipinski definition) is 6. The van der Waals surface area contributed by atoms with Crippen LogP contribution in [0.15, 0.2) is 12.3 Å². The van der Waals surface area contributed by atoms with Crippen molar-refractivity contribution in [1.82, 2.24) is 25.0 Å². The molecule has 0 radical (unpaired) electrons. The van der Waals surface area contributed by atoms with Crippen LogP contribution in [0.5, 0.6) is 0 Å². The molecule has 7 nitrogen and oxygen atoms in total. The molecule has 132 valence electrons. The number of nitrogens with zero attached hydrogens (tertiary/aromatic N) is 4. The SMILES string of the molecule is Cc1[nH]nc2ncc(C(=O)N3CSCC3C(=O)N3CCSCC3)cc12. The van der Waals surface area contributed by atoms with Gasteiger partial charge in [0, 0.05) is 47.6 Å². The zero-order valence-corrected chi connectivity index (χ0v) is 15.5. The Kier molecular flexibility index (Phi) is 4.60. The Hall–Kier alpha value is -1.74. The molecule has 4 rings (SSSR count). The normalized spacial score (nSPS) is 21.1. The molecule has 2 aromatic rings. The fraction of sp³-hybridized carbons (Fsp3) is 0.500. The molecule has 4 heterocycles. The Morgan fingerprint density at radius 3 is 2.88 bits per heavy atom. The second kappa shape index (κ2) is 6.87. The van der Waals surface area contributed by atoms with Gasteiger partial charge in [0.25, 0.3) is 5.91 Å². The van der Waals surface area contributed by atoms with Crippen molar-refractivity contribution in [3.05, 3.63) is 23.5 Å². The smallest absolute Gasteiger partial charge is 0.256 e. The first kappa shape index (κ1) is 16.7. The topological polar surface area (TPSA) is 82.2 Å². The van der Waals surface area contributed by atoms with Gasteiger partial charge < -0.3 is 9.80 Å². The van der Waals surface area contributed by atoms with E-state index in [0.717, 1.165) is 35.7 Å². The minimum Gasteiger partial charge on any atom is -0.339 e. The van der Waals surface area contributed by atoms with Crippen LogP contribution >= 0.6 is 23.5 Å². The summed E-state index contributed by atoms with van der Waals surface area (Å²) in [7, 11) is 0. The molecule has 2 aliphatic heterocycles. The maximum atomic E-state index is 13.0. The summed E-state index contributed by atoms with van der Waals surface area (Å²) in [5.41, 5.74) is 1.99. The number of nitrogens with one attached hydrogen (secondary N) is 1. The lowest BCUT2D eigenvalue weighted by Gasteiger charge is -2.32. The van der Waals surface area contributed by atoms with E-state index in [4.69, 9.17) is 0 Å². The van der Waals surface area contributed by atoms with Crippen molar-refractivity contribution in [1.29, 1.82) is 0 Å². The molecule has 1 unspecified atom stereocenters. The summed E-state index contributed by atoms with van der Waals surface area (Å²) in [5.74, 6) is 3.09. The van der Waals surface area contributed by atoms with Crippen LogP contribution in [0.2, 0.25) is 0 Å². The molecule has 2 aliphatic rings. The van der Waals surface area contributed by atoms with Crippen LogP contribution in [-0.4, -0.2) is 79.1 Å². The molecule has 2 fully saturated rings. The van der Waals surface area contributed by atoms with Gasteiger partial charge in [-0.3, -0.25) is 14.7 Å². The van der Waals surface area contributed by atoms with E-state index in [1.165, 1.54) is 0 Å². The number of aromatic nitrogens is 3. The van der Waals surface area contributed by atoms with Crippen LogP contribution < -0.4 is 0 Å². The molecular formula is C16H19N5O2S2. The molecule has 2 aromatic heterocycles. The fourth-order valence-corrected chi connectivity index (χ4v) is 5.19. The Balaban J connectivity index is 1.56. The molecule has 1 N–H and O–H groups in total. The predicted octanol–water partition coefficient (Wildman–Crippen LogP) is 1.36. The standard InChI is InChI=1S/C16H19N5O2S2/c1-10-12-6-11(7-17-14(12)19-18-10)15(22)21-9-25-8-13(21)16(23)20-2-4-24-5-3-20/h6-7,13H,2-5,8-9H2,1H3,(H,17,18,19). The van der Waals surface area contributed by atoms with Crippen molar-refractivity contribution in [2.24, 2.45) is 0 Å². The lowest BCUT2D eigenvalue weighted by molar-refractivity contribution is -0.134. The second-order valence-corrected chi connectivity index (χ2v) is 8.40.